The first-order valence-electron chi connectivity index (χ1n) is 12.3. The second-order valence-electron chi connectivity index (χ2n) is 8.65. The number of nitrogens with two attached hydrogens (primary N) is 1. The van der Waals surface area contributed by atoms with Crippen LogP contribution in [0.4, 0.5) is 28.7 Å². The Kier molecular flexibility index (Phi) is 7.65. The van der Waals surface area contributed by atoms with Gasteiger partial charge in [0.25, 0.3) is 11.8 Å². The van der Waals surface area contributed by atoms with Crippen LogP contribution in [-0.4, -0.2) is 33.8 Å². The maximum Gasteiger partial charge on any atom is 0.262 e. The maximum atomic E-state index is 13.9. The molecule has 0 aliphatic rings. The van der Waals surface area contributed by atoms with Gasteiger partial charge in [-0.25, -0.2) is 9.97 Å². The molecule has 2 amide bonds. The van der Waals surface area contributed by atoms with E-state index in [1.807, 2.05) is 12.1 Å². The number of hydrogen-bond acceptors (Lipinski definition) is 7. The van der Waals surface area contributed by atoms with Crippen molar-refractivity contribution < 1.29 is 9.59 Å². The zero-order chi connectivity index (χ0) is 28.1. The van der Waals surface area contributed by atoms with Crippen LogP contribution in [0, 0.1) is 0 Å². The van der Waals surface area contributed by atoms with Gasteiger partial charge in [-0.2, -0.15) is 0 Å². The molecule has 9 nitrogen and oxygen atoms in total. The van der Waals surface area contributed by atoms with E-state index in [0.717, 1.165) is 5.56 Å². The first-order valence-corrected chi connectivity index (χ1v) is 12.6. The summed E-state index contributed by atoms with van der Waals surface area (Å²) in [4.78, 5) is 40.4. The number of carbonyl (C=O) groups is 2. The molecular weight excluding hydrogens is 526 g/mol. The van der Waals surface area contributed by atoms with Gasteiger partial charge in [0.05, 0.1) is 33.5 Å². The molecular formula is C30H24ClN7O2. The van der Waals surface area contributed by atoms with E-state index in [0.29, 0.717) is 50.5 Å². The standard InChI is InChI=1S/C30H24ClN7O2/c1-33-28(39)19-8-10-20(11-9-19)29(40)38(27-7-3-2-6-24(27)32)22-12-13-23(31)26(17-22)37-30-35-16-14-25(36-30)21-5-4-15-34-18-21/h2-18H,32H2,1H3,(H,33,39)(H,35,36,37). The van der Waals surface area contributed by atoms with Crippen molar-refractivity contribution in [3.05, 3.63) is 120 Å². The number of pyridine rings is 1. The number of halogens is 1. The molecule has 5 rings (SSSR count). The summed E-state index contributed by atoms with van der Waals surface area (Å²) in [6, 6.07) is 24.1. The van der Waals surface area contributed by atoms with Crippen molar-refractivity contribution in [3.63, 3.8) is 0 Å². The highest BCUT2D eigenvalue weighted by Crippen LogP contribution is 2.36. The summed E-state index contributed by atoms with van der Waals surface area (Å²) in [6.45, 7) is 0. The van der Waals surface area contributed by atoms with Gasteiger partial charge in [-0.15, -0.1) is 0 Å². The molecule has 0 saturated carbocycles. The predicted octanol–water partition coefficient (Wildman–Crippen LogP) is 5.86. The van der Waals surface area contributed by atoms with Crippen LogP contribution in [0.15, 0.2) is 104 Å². The van der Waals surface area contributed by atoms with Gasteiger partial charge in [0.2, 0.25) is 5.95 Å². The molecule has 40 heavy (non-hydrogen) atoms. The summed E-state index contributed by atoms with van der Waals surface area (Å²) in [5.41, 5.74) is 10.5. The topological polar surface area (TPSA) is 126 Å². The van der Waals surface area contributed by atoms with Gasteiger partial charge < -0.3 is 16.4 Å². The van der Waals surface area contributed by atoms with Crippen LogP contribution in [0.2, 0.25) is 5.02 Å². The fourth-order valence-corrected chi connectivity index (χ4v) is 4.22. The van der Waals surface area contributed by atoms with Crippen molar-refractivity contribution >= 4 is 52.1 Å². The maximum absolute atomic E-state index is 13.9. The molecule has 0 fully saturated rings. The lowest BCUT2D eigenvalue weighted by Crippen LogP contribution is -2.27. The van der Waals surface area contributed by atoms with Crippen molar-refractivity contribution in [2.24, 2.45) is 0 Å². The van der Waals surface area contributed by atoms with E-state index in [-0.39, 0.29) is 11.8 Å². The third kappa shape index (κ3) is 5.59. The Labute approximate surface area is 235 Å². The third-order valence-corrected chi connectivity index (χ3v) is 6.40. The first-order chi connectivity index (χ1) is 19.4. The minimum atomic E-state index is -0.343. The zero-order valence-electron chi connectivity index (χ0n) is 21.4. The Bertz CT molecular complexity index is 1680. The predicted molar refractivity (Wildman–Crippen MR) is 157 cm³/mol. The summed E-state index contributed by atoms with van der Waals surface area (Å²) in [5, 5.41) is 6.14. The van der Waals surface area contributed by atoms with Crippen molar-refractivity contribution in [1.29, 1.82) is 0 Å². The lowest BCUT2D eigenvalue weighted by atomic mass is 10.1. The molecule has 0 saturated heterocycles. The van der Waals surface area contributed by atoms with Crippen LogP contribution in [0.3, 0.4) is 0 Å². The number of hydrogen-bond donors (Lipinski definition) is 3. The Morgan fingerprint density at radius 3 is 2.40 bits per heavy atom. The minimum Gasteiger partial charge on any atom is -0.397 e. The Balaban J connectivity index is 1.52. The Morgan fingerprint density at radius 1 is 0.900 bits per heavy atom. The molecule has 198 valence electrons. The van der Waals surface area contributed by atoms with Crippen LogP contribution in [0.1, 0.15) is 20.7 Å². The molecule has 0 atom stereocenters. The second kappa shape index (κ2) is 11.6. The van der Waals surface area contributed by atoms with Crippen LogP contribution in [-0.2, 0) is 0 Å². The van der Waals surface area contributed by atoms with E-state index >= 15 is 0 Å². The summed E-state index contributed by atoms with van der Waals surface area (Å²) in [5.74, 6) is -0.266. The van der Waals surface area contributed by atoms with Crippen LogP contribution >= 0.6 is 11.6 Å². The minimum absolute atomic E-state index is 0.244. The number of nitrogens with zero attached hydrogens (tertiary/aromatic N) is 4. The number of nitrogen functional groups attached to an aromatic ring is 1. The fourth-order valence-electron chi connectivity index (χ4n) is 4.06. The largest absolute Gasteiger partial charge is 0.397 e. The molecule has 3 aromatic carbocycles. The number of amides is 2. The number of para-hydroxylation sites is 2. The molecule has 4 N–H and O–H groups in total. The number of anilines is 5. The van der Waals surface area contributed by atoms with Gasteiger partial charge in [-0.3, -0.25) is 19.5 Å². The molecule has 0 unspecified atom stereocenters. The average molecular weight is 550 g/mol. The van der Waals surface area contributed by atoms with Crippen molar-refractivity contribution in [3.8, 4) is 11.3 Å². The van der Waals surface area contributed by atoms with Gasteiger partial charge in [-0.05, 0) is 72.8 Å². The summed E-state index contributed by atoms with van der Waals surface area (Å²) >= 11 is 6.55. The molecule has 2 heterocycles. The second-order valence-corrected chi connectivity index (χ2v) is 9.06. The van der Waals surface area contributed by atoms with Gasteiger partial charge in [0, 0.05) is 42.3 Å². The van der Waals surface area contributed by atoms with E-state index in [4.69, 9.17) is 17.3 Å². The highest BCUT2D eigenvalue weighted by molar-refractivity contribution is 6.33. The van der Waals surface area contributed by atoms with E-state index in [1.165, 1.54) is 4.90 Å². The fraction of sp³-hybridized carbons (Fsp3) is 0.0333. The summed E-state index contributed by atoms with van der Waals surface area (Å²) in [7, 11) is 1.55. The average Bonchev–Trinajstić information content (AvgIpc) is 3.00. The number of benzene rings is 3. The van der Waals surface area contributed by atoms with E-state index in [1.54, 1.807) is 98.4 Å². The monoisotopic (exact) mass is 549 g/mol. The molecule has 5 aromatic rings. The smallest absolute Gasteiger partial charge is 0.262 e. The highest BCUT2D eigenvalue weighted by atomic mass is 35.5. The molecule has 0 radical (unpaired) electrons. The molecule has 0 spiro atoms. The molecule has 10 heteroatoms. The zero-order valence-corrected chi connectivity index (χ0v) is 22.1. The van der Waals surface area contributed by atoms with Crippen molar-refractivity contribution in [2.45, 2.75) is 0 Å². The Morgan fingerprint density at radius 2 is 1.68 bits per heavy atom. The first kappa shape index (κ1) is 26.3. The molecule has 0 aliphatic heterocycles. The highest BCUT2D eigenvalue weighted by Gasteiger charge is 2.23. The van der Waals surface area contributed by atoms with Crippen LogP contribution < -0.4 is 21.3 Å². The molecule has 0 aliphatic carbocycles. The number of rotatable bonds is 7. The summed E-state index contributed by atoms with van der Waals surface area (Å²) in [6.07, 6.45) is 5.05. The van der Waals surface area contributed by atoms with Crippen LogP contribution in [0.5, 0.6) is 0 Å². The van der Waals surface area contributed by atoms with Gasteiger partial charge in [0.15, 0.2) is 0 Å². The number of aromatic nitrogens is 3. The SMILES string of the molecule is CNC(=O)c1ccc(C(=O)N(c2ccc(Cl)c(Nc3nccc(-c4cccnc4)n3)c2)c2ccccc2N)cc1. The lowest BCUT2D eigenvalue weighted by Gasteiger charge is -2.25. The Hall–Kier alpha value is -5.28. The molecule has 2 aromatic heterocycles. The van der Waals surface area contributed by atoms with Gasteiger partial charge >= 0.3 is 0 Å². The summed E-state index contributed by atoms with van der Waals surface area (Å²) < 4.78 is 0. The quantitative estimate of drug-likeness (QED) is 0.217. The van der Waals surface area contributed by atoms with E-state index in [9.17, 15) is 9.59 Å². The molecule has 0 bridgehead atoms. The number of nitrogens with one attached hydrogen (secondary N) is 2. The van der Waals surface area contributed by atoms with E-state index < -0.39 is 0 Å². The normalized spacial score (nSPS) is 10.6. The van der Waals surface area contributed by atoms with E-state index in [2.05, 4.69) is 25.6 Å². The van der Waals surface area contributed by atoms with Gasteiger partial charge in [-0.1, -0.05) is 23.7 Å². The van der Waals surface area contributed by atoms with Crippen molar-refractivity contribution in [1.82, 2.24) is 20.3 Å². The third-order valence-electron chi connectivity index (χ3n) is 6.07. The van der Waals surface area contributed by atoms with Crippen LogP contribution in [0.25, 0.3) is 11.3 Å². The lowest BCUT2D eigenvalue weighted by molar-refractivity contribution is 0.0959. The van der Waals surface area contributed by atoms with Crippen molar-refractivity contribution in [2.75, 3.05) is 23.0 Å². The van der Waals surface area contributed by atoms with Gasteiger partial charge in [0.1, 0.15) is 0 Å². The number of carbonyl (C=O) groups excluding carboxylic acids is 2.